The average molecular weight is 366 g/mol. The van der Waals surface area contributed by atoms with Gasteiger partial charge < -0.3 is 19.2 Å². The minimum Gasteiger partial charge on any atom is -0.493 e. The van der Waals surface area contributed by atoms with Gasteiger partial charge in [0.1, 0.15) is 5.76 Å². The number of aryl methyl sites for hydroxylation is 1. The summed E-state index contributed by atoms with van der Waals surface area (Å²) in [6.07, 6.45) is 0.586. The lowest BCUT2D eigenvalue weighted by Crippen LogP contribution is -2.30. The van der Waals surface area contributed by atoms with Gasteiger partial charge in [0.15, 0.2) is 18.1 Å². The number of benzene rings is 2. The second-order valence-electron chi connectivity index (χ2n) is 5.93. The van der Waals surface area contributed by atoms with Crippen molar-refractivity contribution in [3.63, 3.8) is 0 Å². The molecule has 0 unspecified atom stereocenters. The summed E-state index contributed by atoms with van der Waals surface area (Å²) in [5.41, 5.74) is 1.76. The van der Waals surface area contributed by atoms with Gasteiger partial charge in [0, 0.05) is 18.5 Å². The minimum absolute atomic E-state index is 0.0760. The molecule has 1 heterocycles. The molecule has 0 aliphatic rings. The van der Waals surface area contributed by atoms with Crippen LogP contribution in [0.3, 0.4) is 0 Å². The van der Waals surface area contributed by atoms with Crippen LogP contribution in [0.4, 0.5) is 0 Å². The van der Waals surface area contributed by atoms with Crippen molar-refractivity contribution in [3.05, 3.63) is 66.1 Å². The smallest absolute Gasteiger partial charge is 0.257 e. The van der Waals surface area contributed by atoms with E-state index in [0.717, 1.165) is 17.0 Å². The fourth-order valence-electron chi connectivity index (χ4n) is 2.62. The molecule has 0 bridgehead atoms. The Labute approximate surface area is 158 Å². The van der Waals surface area contributed by atoms with Gasteiger partial charge in [-0.25, -0.2) is 4.98 Å². The number of hydrogen-bond acceptors (Lipinski definition) is 5. The van der Waals surface area contributed by atoms with E-state index in [4.69, 9.17) is 13.9 Å². The Kier molecular flexibility index (Phi) is 6.10. The van der Waals surface area contributed by atoms with Gasteiger partial charge in [-0.15, -0.1) is 0 Å². The molecule has 6 nitrogen and oxygen atoms in total. The van der Waals surface area contributed by atoms with Gasteiger partial charge in [-0.1, -0.05) is 30.3 Å². The molecule has 0 aliphatic carbocycles. The summed E-state index contributed by atoms with van der Waals surface area (Å²) in [6.45, 7) is 2.25. The van der Waals surface area contributed by atoms with Crippen LogP contribution in [0.1, 0.15) is 11.5 Å². The fraction of sp³-hybridized carbons (Fsp3) is 0.238. The summed E-state index contributed by atoms with van der Waals surface area (Å²) < 4.78 is 16.4. The molecule has 2 aromatic carbocycles. The van der Waals surface area contributed by atoms with E-state index < -0.39 is 0 Å². The maximum absolute atomic E-state index is 12.0. The van der Waals surface area contributed by atoms with Crippen LogP contribution in [-0.2, 0) is 11.2 Å². The molecule has 0 radical (unpaired) electrons. The number of amides is 1. The van der Waals surface area contributed by atoms with Crippen molar-refractivity contribution in [1.82, 2.24) is 10.3 Å². The molecular weight excluding hydrogens is 344 g/mol. The summed E-state index contributed by atoms with van der Waals surface area (Å²) in [5.74, 6) is 2.28. The number of nitrogens with one attached hydrogen (secondary N) is 1. The van der Waals surface area contributed by atoms with Crippen molar-refractivity contribution in [2.75, 3.05) is 20.3 Å². The molecule has 27 heavy (non-hydrogen) atoms. The largest absolute Gasteiger partial charge is 0.493 e. The average Bonchev–Trinajstić information content (AvgIpc) is 3.08. The monoisotopic (exact) mass is 366 g/mol. The molecular formula is C21H22N2O4. The van der Waals surface area contributed by atoms with Crippen LogP contribution >= 0.6 is 0 Å². The van der Waals surface area contributed by atoms with Crippen LogP contribution in [0.2, 0.25) is 0 Å². The van der Waals surface area contributed by atoms with Crippen LogP contribution in [-0.4, -0.2) is 31.2 Å². The Morgan fingerprint density at radius 2 is 1.78 bits per heavy atom. The molecule has 3 aromatic rings. The van der Waals surface area contributed by atoms with Gasteiger partial charge in [0.05, 0.1) is 12.8 Å². The van der Waals surface area contributed by atoms with Crippen molar-refractivity contribution in [1.29, 1.82) is 0 Å². The molecule has 0 aliphatic heterocycles. The van der Waals surface area contributed by atoms with Crippen molar-refractivity contribution in [2.24, 2.45) is 0 Å². The summed E-state index contributed by atoms with van der Waals surface area (Å²) in [5, 5.41) is 2.83. The van der Waals surface area contributed by atoms with Crippen LogP contribution in [0, 0.1) is 6.92 Å². The van der Waals surface area contributed by atoms with Crippen LogP contribution in [0.5, 0.6) is 11.5 Å². The van der Waals surface area contributed by atoms with Gasteiger partial charge in [-0.05, 0) is 31.2 Å². The highest BCUT2D eigenvalue weighted by Crippen LogP contribution is 2.25. The Hall–Kier alpha value is -3.28. The van der Waals surface area contributed by atoms with E-state index >= 15 is 0 Å². The predicted molar refractivity (Wildman–Crippen MR) is 102 cm³/mol. The first kappa shape index (κ1) is 18.5. The highest BCUT2D eigenvalue weighted by molar-refractivity contribution is 5.77. The quantitative estimate of drug-likeness (QED) is 0.661. The number of rotatable bonds is 8. The zero-order chi connectivity index (χ0) is 19.1. The second kappa shape index (κ2) is 8.89. The first-order valence-electron chi connectivity index (χ1n) is 8.71. The SMILES string of the molecule is COc1ccccc1OCC(=O)NCCc1nc(-c2ccccc2)oc1C. The standard InChI is InChI=1S/C21H22N2O4/c1-15-17(23-21(27-15)16-8-4-3-5-9-16)12-13-22-20(24)14-26-19-11-7-6-10-18(19)25-2/h3-11H,12-14H2,1-2H3,(H,22,24). The van der Waals surface area contributed by atoms with Crippen molar-refractivity contribution in [2.45, 2.75) is 13.3 Å². The van der Waals surface area contributed by atoms with E-state index in [1.807, 2.05) is 49.4 Å². The molecule has 0 saturated carbocycles. The van der Waals surface area contributed by atoms with Crippen LogP contribution < -0.4 is 14.8 Å². The molecule has 0 spiro atoms. The van der Waals surface area contributed by atoms with Crippen LogP contribution in [0.15, 0.2) is 59.0 Å². The topological polar surface area (TPSA) is 73.6 Å². The molecule has 140 valence electrons. The number of aromatic nitrogens is 1. The summed E-state index contributed by atoms with van der Waals surface area (Å²) in [6, 6.07) is 16.9. The number of methoxy groups -OCH3 is 1. The van der Waals surface area contributed by atoms with Crippen molar-refractivity contribution >= 4 is 5.91 Å². The maximum atomic E-state index is 12.0. The van der Waals surface area contributed by atoms with Gasteiger partial charge in [0.25, 0.3) is 5.91 Å². The normalized spacial score (nSPS) is 10.4. The zero-order valence-corrected chi connectivity index (χ0v) is 15.4. The van der Waals surface area contributed by atoms with Gasteiger partial charge in [-0.3, -0.25) is 4.79 Å². The molecule has 0 saturated heterocycles. The predicted octanol–water partition coefficient (Wildman–Crippen LogP) is 3.40. The number of carbonyl (C=O) groups excluding carboxylic acids is 1. The highest BCUT2D eigenvalue weighted by atomic mass is 16.5. The van der Waals surface area contributed by atoms with Gasteiger partial charge in [0.2, 0.25) is 5.89 Å². The van der Waals surface area contributed by atoms with Gasteiger partial charge >= 0.3 is 0 Å². The van der Waals surface area contributed by atoms with E-state index in [1.54, 1.807) is 19.2 Å². The number of para-hydroxylation sites is 2. The third-order valence-corrected chi connectivity index (χ3v) is 4.03. The molecule has 0 fully saturated rings. The Bertz CT molecular complexity index is 890. The Balaban J connectivity index is 1.48. The molecule has 1 aromatic heterocycles. The van der Waals surface area contributed by atoms with Crippen molar-refractivity contribution in [3.8, 4) is 23.0 Å². The number of oxazole rings is 1. The van der Waals surface area contributed by atoms with E-state index in [2.05, 4.69) is 10.3 Å². The molecule has 6 heteroatoms. The Morgan fingerprint density at radius 3 is 2.52 bits per heavy atom. The maximum Gasteiger partial charge on any atom is 0.257 e. The van der Waals surface area contributed by atoms with Gasteiger partial charge in [-0.2, -0.15) is 0 Å². The number of hydrogen-bond donors (Lipinski definition) is 1. The fourth-order valence-corrected chi connectivity index (χ4v) is 2.62. The number of ether oxygens (including phenoxy) is 2. The van der Waals surface area contributed by atoms with E-state index in [9.17, 15) is 4.79 Å². The van der Waals surface area contributed by atoms with Crippen LogP contribution in [0.25, 0.3) is 11.5 Å². The summed E-state index contributed by atoms with van der Waals surface area (Å²) >= 11 is 0. The summed E-state index contributed by atoms with van der Waals surface area (Å²) in [4.78, 5) is 16.5. The lowest BCUT2D eigenvalue weighted by Gasteiger charge is -2.10. The second-order valence-corrected chi connectivity index (χ2v) is 5.93. The van der Waals surface area contributed by atoms with E-state index in [-0.39, 0.29) is 12.5 Å². The Morgan fingerprint density at radius 1 is 1.07 bits per heavy atom. The molecule has 0 atom stereocenters. The first-order valence-corrected chi connectivity index (χ1v) is 8.71. The minimum atomic E-state index is -0.203. The third-order valence-electron chi connectivity index (χ3n) is 4.03. The van der Waals surface area contributed by atoms with E-state index in [1.165, 1.54) is 0 Å². The summed E-state index contributed by atoms with van der Waals surface area (Å²) in [7, 11) is 1.56. The number of nitrogens with zero attached hydrogens (tertiary/aromatic N) is 1. The molecule has 3 rings (SSSR count). The molecule has 1 N–H and O–H groups in total. The third kappa shape index (κ3) is 4.88. The van der Waals surface area contributed by atoms with E-state index in [0.29, 0.717) is 30.4 Å². The lowest BCUT2D eigenvalue weighted by molar-refractivity contribution is -0.123. The van der Waals surface area contributed by atoms with Crippen molar-refractivity contribution < 1.29 is 18.7 Å². The lowest BCUT2D eigenvalue weighted by atomic mass is 10.2. The zero-order valence-electron chi connectivity index (χ0n) is 15.4. The first-order chi connectivity index (χ1) is 13.2. The highest BCUT2D eigenvalue weighted by Gasteiger charge is 2.12. The number of carbonyl (C=O) groups is 1. The molecule has 1 amide bonds.